The highest BCUT2D eigenvalue weighted by atomic mass is 16.6. The summed E-state index contributed by atoms with van der Waals surface area (Å²) in [5.41, 5.74) is 0.460. The highest BCUT2D eigenvalue weighted by Gasteiger charge is 2.18. The predicted octanol–water partition coefficient (Wildman–Crippen LogP) is 2.25. The maximum absolute atomic E-state index is 11.9. The van der Waals surface area contributed by atoms with Gasteiger partial charge in [-0.3, -0.25) is 4.79 Å². The molecular formula is C16H16O6. The second-order valence-corrected chi connectivity index (χ2v) is 4.71. The van der Waals surface area contributed by atoms with Crippen molar-refractivity contribution in [2.45, 2.75) is 20.8 Å². The Hall–Kier alpha value is -2.63. The van der Waals surface area contributed by atoms with Crippen LogP contribution in [0.1, 0.15) is 29.8 Å². The minimum Gasteiger partial charge on any atom is -0.481 e. The maximum Gasteiger partial charge on any atom is 0.344 e. The van der Waals surface area contributed by atoms with Gasteiger partial charge in [0.1, 0.15) is 11.3 Å². The molecule has 116 valence electrons. The van der Waals surface area contributed by atoms with E-state index in [0.29, 0.717) is 10.9 Å². The standard InChI is InChI=1S/C16H16O6/c1-4-20-14(19)8-21-12-6-5-11-9(2)7-13(18)22-16(11)15(12)10(3)17/h5-7H,4,8H2,1-3H3. The molecule has 0 unspecified atom stereocenters. The number of ketones is 1. The Kier molecular flexibility index (Phi) is 4.60. The second kappa shape index (κ2) is 6.43. The Labute approximate surface area is 126 Å². The van der Waals surface area contributed by atoms with Crippen LogP contribution in [-0.2, 0) is 9.53 Å². The monoisotopic (exact) mass is 304 g/mol. The van der Waals surface area contributed by atoms with Crippen LogP contribution in [0.15, 0.2) is 27.4 Å². The molecule has 0 fully saturated rings. The summed E-state index contributed by atoms with van der Waals surface area (Å²) in [4.78, 5) is 34.8. The largest absolute Gasteiger partial charge is 0.481 e. The van der Waals surface area contributed by atoms with E-state index in [1.807, 2.05) is 0 Å². The summed E-state index contributed by atoms with van der Waals surface area (Å²) in [5.74, 6) is -0.678. The smallest absolute Gasteiger partial charge is 0.344 e. The first-order valence-electron chi connectivity index (χ1n) is 6.80. The van der Waals surface area contributed by atoms with Gasteiger partial charge in [-0.1, -0.05) is 0 Å². The van der Waals surface area contributed by atoms with Crippen molar-refractivity contribution >= 4 is 22.7 Å². The van der Waals surface area contributed by atoms with Gasteiger partial charge in [-0.05, 0) is 38.5 Å². The summed E-state index contributed by atoms with van der Waals surface area (Å²) in [6.45, 7) is 4.70. The molecule has 0 spiro atoms. The Bertz CT molecular complexity index is 787. The van der Waals surface area contributed by atoms with Crippen molar-refractivity contribution in [2.24, 2.45) is 0 Å². The van der Waals surface area contributed by atoms with Gasteiger partial charge in [0.25, 0.3) is 0 Å². The van der Waals surface area contributed by atoms with Crippen molar-refractivity contribution in [3.63, 3.8) is 0 Å². The van der Waals surface area contributed by atoms with Crippen LogP contribution >= 0.6 is 0 Å². The number of benzene rings is 1. The van der Waals surface area contributed by atoms with E-state index in [-0.39, 0.29) is 35.9 Å². The molecule has 22 heavy (non-hydrogen) atoms. The minimum atomic E-state index is -0.546. The SMILES string of the molecule is CCOC(=O)COc1ccc2c(C)cc(=O)oc2c1C(C)=O. The molecule has 1 heterocycles. The summed E-state index contributed by atoms with van der Waals surface area (Å²) in [6, 6.07) is 4.61. The number of fused-ring (bicyclic) bond motifs is 1. The van der Waals surface area contributed by atoms with Gasteiger partial charge in [0, 0.05) is 11.5 Å². The molecule has 0 aliphatic rings. The van der Waals surface area contributed by atoms with Crippen LogP contribution in [0.2, 0.25) is 0 Å². The second-order valence-electron chi connectivity index (χ2n) is 4.71. The zero-order valence-electron chi connectivity index (χ0n) is 12.6. The summed E-state index contributed by atoms with van der Waals surface area (Å²) >= 11 is 0. The molecule has 0 saturated carbocycles. The Morgan fingerprint density at radius 3 is 2.64 bits per heavy atom. The van der Waals surface area contributed by atoms with E-state index in [1.165, 1.54) is 13.0 Å². The Morgan fingerprint density at radius 2 is 2.00 bits per heavy atom. The highest BCUT2D eigenvalue weighted by Crippen LogP contribution is 2.29. The van der Waals surface area contributed by atoms with Crippen molar-refractivity contribution in [3.05, 3.63) is 39.7 Å². The number of esters is 1. The number of carbonyl (C=O) groups is 2. The van der Waals surface area contributed by atoms with Crippen LogP contribution in [-0.4, -0.2) is 25.0 Å². The van der Waals surface area contributed by atoms with Crippen molar-refractivity contribution in [1.29, 1.82) is 0 Å². The highest BCUT2D eigenvalue weighted by molar-refractivity contribution is 6.07. The lowest BCUT2D eigenvalue weighted by Crippen LogP contribution is -2.16. The number of hydrogen-bond donors (Lipinski definition) is 0. The fourth-order valence-electron chi connectivity index (χ4n) is 2.16. The third kappa shape index (κ3) is 3.16. The van der Waals surface area contributed by atoms with Gasteiger partial charge >= 0.3 is 11.6 Å². The lowest BCUT2D eigenvalue weighted by molar-refractivity contribution is -0.145. The van der Waals surface area contributed by atoms with E-state index in [1.54, 1.807) is 26.0 Å². The van der Waals surface area contributed by atoms with Gasteiger partial charge in [0.2, 0.25) is 0 Å². The van der Waals surface area contributed by atoms with Crippen LogP contribution in [0.25, 0.3) is 11.0 Å². The van der Waals surface area contributed by atoms with Gasteiger partial charge in [-0.15, -0.1) is 0 Å². The lowest BCUT2D eigenvalue weighted by atomic mass is 10.0. The molecule has 1 aromatic carbocycles. The molecule has 0 saturated heterocycles. The molecule has 0 bridgehead atoms. The van der Waals surface area contributed by atoms with E-state index in [4.69, 9.17) is 13.9 Å². The first-order chi connectivity index (χ1) is 10.4. The van der Waals surface area contributed by atoms with Crippen LogP contribution in [0.3, 0.4) is 0 Å². The molecule has 6 heteroatoms. The normalized spacial score (nSPS) is 10.5. The van der Waals surface area contributed by atoms with Crippen molar-refractivity contribution in [3.8, 4) is 5.75 Å². The first kappa shape index (κ1) is 15.8. The number of ether oxygens (including phenoxy) is 2. The lowest BCUT2D eigenvalue weighted by Gasteiger charge is -2.11. The summed E-state index contributed by atoms with van der Waals surface area (Å²) < 4.78 is 15.3. The summed E-state index contributed by atoms with van der Waals surface area (Å²) in [7, 11) is 0. The van der Waals surface area contributed by atoms with Gasteiger partial charge in [-0.2, -0.15) is 0 Å². The van der Waals surface area contributed by atoms with Crippen LogP contribution in [0.4, 0.5) is 0 Å². The van der Waals surface area contributed by atoms with Gasteiger partial charge in [0.05, 0.1) is 6.61 Å². The van der Waals surface area contributed by atoms with E-state index >= 15 is 0 Å². The minimum absolute atomic E-state index is 0.141. The molecule has 0 amide bonds. The zero-order chi connectivity index (χ0) is 16.3. The molecule has 2 rings (SSSR count). The van der Waals surface area contributed by atoms with E-state index in [0.717, 1.165) is 0 Å². The molecule has 0 aliphatic heterocycles. The first-order valence-corrected chi connectivity index (χ1v) is 6.80. The van der Waals surface area contributed by atoms with Crippen LogP contribution in [0, 0.1) is 6.92 Å². The summed E-state index contributed by atoms with van der Waals surface area (Å²) in [6.07, 6.45) is 0. The molecule has 1 aromatic heterocycles. The predicted molar refractivity (Wildman–Crippen MR) is 79.4 cm³/mol. The van der Waals surface area contributed by atoms with Crippen molar-refractivity contribution in [2.75, 3.05) is 13.2 Å². The molecular weight excluding hydrogens is 288 g/mol. The Morgan fingerprint density at radius 1 is 1.27 bits per heavy atom. The Balaban J connectivity index is 2.51. The molecule has 6 nitrogen and oxygen atoms in total. The van der Waals surface area contributed by atoms with E-state index in [9.17, 15) is 14.4 Å². The number of carbonyl (C=O) groups excluding carboxylic acids is 2. The number of Topliss-reactive ketones (excluding diaryl/α,β-unsaturated/α-hetero) is 1. The molecule has 0 aliphatic carbocycles. The van der Waals surface area contributed by atoms with E-state index in [2.05, 4.69) is 0 Å². The van der Waals surface area contributed by atoms with Gasteiger partial charge in [-0.25, -0.2) is 9.59 Å². The van der Waals surface area contributed by atoms with Gasteiger partial charge in [0.15, 0.2) is 18.0 Å². The summed E-state index contributed by atoms with van der Waals surface area (Å²) in [5, 5.41) is 0.647. The number of rotatable bonds is 5. The third-order valence-corrected chi connectivity index (χ3v) is 3.08. The average Bonchev–Trinajstić information content (AvgIpc) is 2.44. The van der Waals surface area contributed by atoms with Crippen LogP contribution < -0.4 is 10.4 Å². The maximum atomic E-state index is 11.9. The van der Waals surface area contributed by atoms with Crippen molar-refractivity contribution in [1.82, 2.24) is 0 Å². The zero-order valence-corrected chi connectivity index (χ0v) is 12.6. The van der Waals surface area contributed by atoms with Gasteiger partial charge < -0.3 is 13.9 Å². The quantitative estimate of drug-likeness (QED) is 0.478. The average molecular weight is 304 g/mol. The number of aryl methyl sites for hydroxylation is 1. The molecule has 0 N–H and O–H groups in total. The third-order valence-electron chi connectivity index (χ3n) is 3.08. The topological polar surface area (TPSA) is 82.8 Å². The molecule has 0 atom stereocenters. The molecule has 0 radical (unpaired) electrons. The van der Waals surface area contributed by atoms with E-state index < -0.39 is 11.6 Å². The molecule has 2 aromatic rings. The fourth-order valence-corrected chi connectivity index (χ4v) is 2.16. The fraction of sp³-hybridized carbons (Fsp3) is 0.312. The number of hydrogen-bond acceptors (Lipinski definition) is 6. The van der Waals surface area contributed by atoms with Crippen LogP contribution in [0.5, 0.6) is 5.75 Å². The van der Waals surface area contributed by atoms with Crippen molar-refractivity contribution < 1.29 is 23.5 Å².